The molecule has 0 radical (unpaired) electrons. The molecule has 0 aliphatic heterocycles. The van der Waals surface area contributed by atoms with Crippen LogP contribution in [0, 0.1) is 6.92 Å². The second-order valence-electron chi connectivity index (χ2n) is 5.53. The molecule has 0 unspecified atom stereocenters. The summed E-state index contributed by atoms with van der Waals surface area (Å²) in [4.78, 5) is 24.8. The van der Waals surface area contributed by atoms with Crippen LogP contribution in [0.1, 0.15) is 21.6 Å². The fourth-order valence-electron chi connectivity index (χ4n) is 2.52. The summed E-state index contributed by atoms with van der Waals surface area (Å²) in [5.41, 5.74) is 4.27. The second kappa shape index (κ2) is 7.52. The first-order valence-electron chi connectivity index (χ1n) is 7.95. The van der Waals surface area contributed by atoms with E-state index < -0.39 is 5.91 Å². The summed E-state index contributed by atoms with van der Waals surface area (Å²) in [6, 6.07) is 16.0. The average molecular weight is 350 g/mol. The molecule has 3 aromatic rings. The number of para-hydroxylation sites is 2. The van der Waals surface area contributed by atoms with E-state index in [1.165, 1.54) is 18.0 Å². The highest BCUT2D eigenvalue weighted by molar-refractivity contribution is 5.97. The smallest absolute Gasteiger partial charge is 0.280 e. The lowest BCUT2D eigenvalue weighted by atomic mass is 10.2. The Labute approximate surface area is 149 Å². The lowest BCUT2D eigenvalue weighted by molar-refractivity contribution is 0.0952. The molecule has 3 rings (SSSR count). The fraction of sp³-hybridized carbons (Fsp3) is 0.105. The number of carbonyl (C=O) groups is 1. The molecule has 26 heavy (non-hydrogen) atoms. The number of amides is 1. The molecule has 132 valence electrons. The van der Waals surface area contributed by atoms with Crippen LogP contribution in [-0.2, 0) is 0 Å². The van der Waals surface area contributed by atoms with E-state index in [1.54, 1.807) is 31.2 Å². The van der Waals surface area contributed by atoms with Crippen molar-refractivity contribution >= 4 is 12.1 Å². The highest BCUT2D eigenvalue weighted by Gasteiger charge is 2.12. The summed E-state index contributed by atoms with van der Waals surface area (Å²) in [6.45, 7) is 1.77. The highest BCUT2D eigenvalue weighted by Crippen LogP contribution is 2.16. The molecule has 1 amide bonds. The van der Waals surface area contributed by atoms with Gasteiger partial charge in [-0.1, -0.05) is 30.3 Å². The standard InChI is InChI=1S/C19H18N4O3/c1-13-16(19(25)23(22-13)14-8-4-3-5-9-14)12-20-21-18(24)15-10-6-7-11-17(15)26-2/h3-12,22H,1-2H3,(H,21,24)/b20-12-. The Bertz CT molecular complexity index is 1000. The van der Waals surface area contributed by atoms with Crippen molar-refractivity contribution in [1.82, 2.24) is 15.2 Å². The lowest BCUT2D eigenvalue weighted by Crippen LogP contribution is -2.20. The number of benzene rings is 2. The third-order valence-electron chi connectivity index (χ3n) is 3.84. The zero-order valence-electron chi connectivity index (χ0n) is 14.4. The Morgan fingerprint density at radius 1 is 1.15 bits per heavy atom. The number of rotatable bonds is 5. The van der Waals surface area contributed by atoms with Crippen molar-refractivity contribution < 1.29 is 9.53 Å². The Hall–Kier alpha value is -3.61. The molecule has 7 heteroatoms. The van der Waals surface area contributed by atoms with Crippen molar-refractivity contribution in [2.24, 2.45) is 5.10 Å². The van der Waals surface area contributed by atoms with Gasteiger partial charge in [0.05, 0.1) is 30.1 Å². The third-order valence-corrected chi connectivity index (χ3v) is 3.84. The predicted octanol–water partition coefficient (Wildman–Crippen LogP) is 2.25. The predicted molar refractivity (Wildman–Crippen MR) is 99.2 cm³/mol. The number of H-pyrrole nitrogens is 1. The van der Waals surface area contributed by atoms with Gasteiger partial charge in [-0.3, -0.25) is 14.7 Å². The molecule has 0 saturated carbocycles. The van der Waals surface area contributed by atoms with Crippen molar-refractivity contribution in [3.8, 4) is 11.4 Å². The molecule has 7 nitrogen and oxygen atoms in total. The maximum Gasteiger partial charge on any atom is 0.280 e. The third kappa shape index (κ3) is 3.41. The van der Waals surface area contributed by atoms with Gasteiger partial charge in [0.25, 0.3) is 11.5 Å². The van der Waals surface area contributed by atoms with Crippen LogP contribution in [0.4, 0.5) is 0 Å². The van der Waals surface area contributed by atoms with Crippen LogP contribution in [0.5, 0.6) is 5.75 Å². The topological polar surface area (TPSA) is 88.5 Å². The van der Waals surface area contributed by atoms with Crippen LogP contribution in [0.15, 0.2) is 64.5 Å². The molecule has 0 atom stereocenters. The van der Waals surface area contributed by atoms with Crippen LogP contribution in [0.3, 0.4) is 0 Å². The molecular weight excluding hydrogens is 332 g/mol. The van der Waals surface area contributed by atoms with Gasteiger partial charge in [-0.25, -0.2) is 10.1 Å². The van der Waals surface area contributed by atoms with E-state index in [9.17, 15) is 9.59 Å². The van der Waals surface area contributed by atoms with Gasteiger partial charge < -0.3 is 4.74 Å². The largest absolute Gasteiger partial charge is 0.496 e. The second-order valence-corrected chi connectivity index (χ2v) is 5.53. The SMILES string of the molecule is COc1ccccc1C(=O)N/N=C\c1c(C)[nH]n(-c2ccccc2)c1=O. The minimum absolute atomic E-state index is 0.246. The Morgan fingerprint density at radius 2 is 1.85 bits per heavy atom. The number of hydrogen-bond acceptors (Lipinski definition) is 4. The number of aromatic nitrogens is 2. The zero-order valence-corrected chi connectivity index (χ0v) is 14.4. The van der Waals surface area contributed by atoms with E-state index in [1.807, 2.05) is 30.3 Å². The zero-order chi connectivity index (χ0) is 18.5. The van der Waals surface area contributed by atoms with Gasteiger partial charge in [0.15, 0.2) is 0 Å². The number of hydrazone groups is 1. The number of carbonyl (C=O) groups excluding carboxylic acids is 1. The van der Waals surface area contributed by atoms with E-state index in [0.29, 0.717) is 22.6 Å². The molecule has 0 fully saturated rings. The molecule has 0 spiro atoms. The average Bonchev–Trinajstić information content (AvgIpc) is 2.96. The minimum Gasteiger partial charge on any atom is -0.496 e. The Balaban J connectivity index is 1.80. The van der Waals surface area contributed by atoms with Gasteiger partial charge in [-0.05, 0) is 31.2 Å². The number of aromatic amines is 1. The van der Waals surface area contributed by atoms with Gasteiger partial charge in [0.1, 0.15) is 5.75 Å². The Morgan fingerprint density at radius 3 is 2.58 bits per heavy atom. The van der Waals surface area contributed by atoms with Gasteiger partial charge in [0, 0.05) is 5.69 Å². The van der Waals surface area contributed by atoms with Crippen LogP contribution < -0.4 is 15.7 Å². The molecule has 0 saturated heterocycles. The summed E-state index contributed by atoms with van der Waals surface area (Å²) in [6.07, 6.45) is 1.33. The monoisotopic (exact) mass is 350 g/mol. The summed E-state index contributed by atoms with van der Waals surface area (Å²) in [5, 5.41) is 6.91. The molecular formula is C19H18N4O3. The molecule has 1 heterocycles. The van der Waals surface area contributed by atoms with Crippen molar-refractivity contribution in [1.29, 1.82) is 0 Å². The first-order valence-corrected chi connectivity index (χ1v) is 7.95. The van der Waals surface area contributed by atoms with Gasteiger partial charge in [-0.2, -0.15) is 5.10 Å². The van der Waals surface area contributed by atoms with Crippen LogP contribution in [0.25, 0.3) is 5.69 Å². The maximum atomic E-state index is 12.5. The number of nitrogens with zero attached hydrogens (tertiary/aromatic N) is 2. The van der Waals surface area contributed by atoms with E-state index >= 15 is 0 Å². The first kappa shape index (κ1) is 17.2. The van der Waals surface area contributed by atoms with Crippen LogP contribution >= 0.6 is 0 Å². The molecule has 0 bridgehead atoms. The first-order chi connectivity index (χ1) is 12.6. The molecule has 2 aromatic carbocycles. The van der Waals surface area contributed by atoms with E-state index in [2.05, 4.69) is 15.6 Å². The van der Waals surface area contributed by atoms with E-state index in [-0.39, 0.29) is 5.56 Å². The molecule has 1 aromatic heterocycles. The van der Waals surface area contributed by atoms with Gasteiger partial charge in [0.2, 0.25) is 0 Å². The molecule has 2 N–H and O–H groups in total. The van der Waals surface area contributed by atoms with Crippen molar-refractivity contribution in [3.05, 3.63) is 81.8 Å². The summed E-state index contributed by atoms with van der Waals surface area (Å²) in [7, 11) is 1.49. The minimum atomic E-state index is -0.421. The fourth-order valence-corrected chi connectivity index (χ4v) is 2.52. The molecule has 0 aliphatic rings. The number of aryl methyl sites for hydroxylation is 1. The Kier molecular flexibility index (Phi) is 4.98. The summed E-state index contributed by atoms with van der Waals surface area (Å²) < 4.78 is 6.58. The van der Waals surface area contributed by atoms with Gasteiger partial charge in [-0.15, -0.1) is 0 Å². The number of hydrogen-bond donors (Lipinski definition) is 2. The number of ether oxygens (including phenoxy) is 1. The summed E-state index contributed by atoms with van der Waals surface area (Å²) >= 11 is 0. The quantitative estimate of drug-likeness (QED) is 0.546. The van der Waals surface area contributed by atoms with E-state index in [4.69, 9.17) is 4.74 Å². The van der Waals surface area contributed by atoms with Crippen molar-refractivity contribution in [2.45, 2.75) is 6.92 Å². The van der Waals surface area contributed by atoms with Crippen molar-refractivity contribution in [3.63, 3.8) is 0 Å². The molecule has 0 aliphatic carbocycles. The lowest BCUT2D eigenvalue weighted by Gasteiger charge is -2.05. The van der Waals surface area contributed by atoms with Crippen molar-refractivity contribution in [2.75, 3.05) is 7.11 Å². The number of nitrogens with one attached hydrogen (secondary N) is 2. The highest BCUT2D eigenvalue weighted by atomic mass is 16.5. The maximum absolute atomic E-state index is 12.5. The van der Waals surface area contributed by atoms with E-state index in [0.717, 1.165) is 5.69 Å². The van der Waals surface area contributed by atoms with Crippen LogP contribution in [0.2, 0.25) is 0 Å². The van der Waals surface area contributed by atoms with Gasteiger partial charge >= 0.3 is 0 Å². The van der Waals surface area contributed by atoms with Crippen LogP contribution in [-0.4, -0.2) is 29.0 Å². The number of methoxy groups -OCH3 is 1. The normalized spacial score (nSPS) is 10.8. The summed E-state index contributed by atoms with van der Waals surface area (Å²) in [5.74, 6) is 0.0275.